The average molecular weight is 270 g/mol. The number of aromatic carboxylic acids is 1. The SMILES string of the molecule is O=C(O)c1ccccc1OC(=O)C(O)C(O)C(=O)O. The number of carbonyl (C=O) groups is 3. The molecule has 4 N–H and O–H groups in total. The van der Waals surface area contributed by atoms with Crippen LogP contribution in [0.5, 0.6) is 5.75 Å². The molecule has 0 spiro atoms. The lowest BCUT2D eigenvalue weighted by Crippen LogP contribution is -2.41. The van der Waals surface area contributed by atoms with Crippen LogP contribution in [0.25, 0.3) is 0 Å². The van der Waals surface area contributed by atoms with Crippen molar-refractivity contribution in [2.24, 2.45) is 0 Å². The molecule has 0 radical (unpaired) electrons. The van der Waals surface area contributed by atoms with Gasteiger partial charge >= 0.3 is 17.9 Å². The Hall–Kier alpha value is -2.45. The van der Waals surface area contributed by atoms with Gasteiger partial charge in [-0.15, -0.1) is 0 Å². The van der Waals surface area contributed by atoms with Crippen molar-refractivity contribution in [3.05, 3.63) is 29.8 Å². The third-order valence-corrected chi connectivity index (χ3v) is 2.12. The Morgan fingerprint density at radius 2 is 1.58 bits per heavy atom. The van der Waals surface area contributed by atoms with E-state index in [4.69, 9.17) is 15.3 Å². The summed E-state index contributed by atoms with van der Waals surface area (Å²) < 4.78 is 4.55. The van der Waals surface area contributed by atoms with Crippen molar-refractivity contribution < 1.29 is 39.5 Å². The Morgan fingerprint density at radius 1 is 1.00 bits per heavy atom. The van der Waals surface area contributed by atoms with Crippen molar-refractivity contribution in [2.75, 3.05) is 0 Å². The number of ether oxygens (including phenoxy) is 1. The van der Waals surface area contributed by atoms with Crippen molar-refractivity contribution in [2.45, 2.75) is 12.2 Å². The molecule has 2 atom stereocenters. The van der Waals surface area contributed by atoms with Crippen LogP contribution < -0.4 is 4.74 Å². The van der Waals surface area contributed by atoms with Crippen molar-refractivity contribution in [3.63, 3.8) is 0 Å². The summed E-state index contributed by atoms with van der Waals surface area (Å²) in [5.41, 5.74) is -0.340. The number of carbonyl (C=O) groups excluding carboxylic acids is 1. The van der Waals surface area contributed by atoms with Crippen molar-refractivity contribution in [1.82, 2.24) is 0 Å². The van der Waals surface area contributed by atoms with Crippen LogP contribution in [0.15, 0.2) is 24.3 Å². The lowest BCUT2D eigenvalue weighted by molar-refractivity contribution is -0.164. The number of benzene rings is 1. The molecule has 19 heavy (non-hydrogen) atoms. The monoisotopic (exact) mass is 270 g/mol. The lowest BCUT2D eigenvalue weighted by atomic mass is 10.2. The zero-order valence-electron chi connectivity index (χ0n) is 9.39. The van der Waals surface area contributed by atoms with Gasteiger partial charge in [0.2, 0.25) is 0 Å². The Bertz CT molecular complexity index is 509. The molecule has 0 aliphatic rings. The Labute approximate surface area is 106 Å². The quantitative estimate of drug-likeness (QED) is 0.398. The number of para-hydroxylation sites is 1. The number of aliphatic hydroxyl groups is 2. The minimum Gasteiger partial charge on any atom is -0.479 e. The molecule has 1 rings (SSSR count). The van der Waals surface area contributed by atoms with Gasteiger partial charge in [-0.2, -0.15) is 0 Å². The summed E-state index contributed by atoms with van der Waals surface area (Å²) in [4.78, 5) is 32.5. The number of esters is 1. The lowest BCUT2D eigenvalue weighted by Gasteiger charge is -2.13. The minimum absolute atomic E-state index is 0.340. The van der Waals surface area contributed by atoms with Gasteiger partial charge < -0.3 is 25.2 Å². The van der Waals surface area contributed by atoms with E-state index in [-0.39, 0.29) is 11.3 Å². The fourth-order valence-corrected chi connectivity index (χ4v) is 1.17. The summed E-state index contributed by atoms with van der Waals surface area (Å²) in [6.45, 7) is 0. The second-order valence-electron chi connectivity index (χ2n) is 3.45. The summed E-state index contributed by atoms with van der Waals surface area (Å²) in [5.74, 6) is -5.01. The van der Waals surface area contributed by atoms with Crippen LogP contribution in [-0.2, 0) is 9.59 Å². The molecule has 8 heteroatoms. The smallest absolute Gasteiger partial charge is 0.343 e. The van der Waals surface area contributed by atoms with Gasteiger partial charge in [0.1, 0.15) is 11.3 Å². The van der Waals surface area contributed by atoms with E-state index < -0.39 is 30.1 Å². The van der Waals surface area contributed by atoms with Crippen LogP contribution in [0, 0.1) is 0 Å². The van der Waals surface area contributed by atoms with E-state index in [0.717, 1.165) is 12.1 Å². The first kappa shape index (κ1) is 14.6. The first-order valence-corrected chi connectivity index (χ1v) is 4.97. The van der Waals surface area contributed by atoms with Crippen LogP contribution in [0.2, 0.25) is 0 Å². The molecule has 0 bridgehead atoms. The third-order valence-electron chi connectivity index (χ3n) is 2.12. The number of carboxylic acids is 2. The number of rotatable bonds is 5. The van der Waals surface area contributed by atoms with Crippen LogP contribution in [0.4, 0.5) is 0 Å². The van der Waals surface area contributed by atoms with Gasteiger partial charge in [0.25, 0.3) is 0 Å². The van der Waals surface area contributed by atoms with E-state index in [1.54, 1.807) is 0 Å². The van der Waals surface area contributed by atoms with Gasteiger partial charge in [-0.1, -0.05) is 12.1 Å². The number of aliphatic hydroxyl groups excluding tert-OH is 2. The Kier molecular flexibility index (Phi) is 4.56. The molecule has 0 aromatic heterocycles. The standard InChI is InChI=1S/C11H10O8/c12-7(10(16)17)8(13)11(18)19-6-4-2-1-3-5(6)9(14)15/h1-4,7-8,12-13H,(H,14,15)(H,16,17). The zero-order chi connectivity index (χ0) is 14.6. The number of hydrogen-bond donors (Lipinski definition) is 4. The van der Waals surface area contributed by atoms with Gasteiger partial charge in [0.05, 0.1) is 0 Å². The zero-order valence-corrected chi connectivity index (χ0v) is 9.39. The van der Waals surface area contributed by atoms with Crippen molar-refractivity contribution >= 4 is 17.9 Å². The molecule has 0 amide bonds. The fraction of sp³-hybridized carbons (Fsp3) is 0.182. The maximum Gasteiger partial charge on any atom is 0.343 e. The highest BCUT2D eigenvalue weighted by atomic mass is 16.6. The molecule has 102 valence electrons. The van der Waals surface area contributed by atoms with Crippen LogP contribution in [0.1, 0.15) is 10.4 Å². The maximum absolute atomic E-state index is 11.3. The molecule has 8 nitrogen and oxygen atoms in total. The average Bonchev–Trinajstić information content (AvgIpc) is 2.37. The fourth-order valence-electron chi connectivity index (χ4n) is 1.17. The molecule has 0 heterocycles. The number of hydrogen-bond acceptors (Lipinski definition) is 6. The summed E-state index contributed by atoms with van der Waals surface area (Å²) in [6.07, 6.45) is -4.68. The predicted octanol–water partition coefficient (Wildman–Crippen LogP) is -0.903. The normalized spacial score (nSPS) is 13.4. The number of carboxylic acid groups (broad SMARTS) is 2. The van der Waals surface area contributed by atoms with Gasteiger partial charge in [-0.3, -0.25) is 0 Å². The van der Waals surface area contributed by atoms with Gasteiger partial charge in [-0.05, 0) is 12.1 Å². The van der Waals surface area contributed by atoms with E-state index in [0.29, 0.717) is 0 Å². The molecule has 0 aliphatic carbocycles. The topological polar surface area (TPSA) is 141 Å². The molecule has 0 saturated heterocycles. The molecular formula is C11H10O8. The molecule has 0 fully saturated rings. The molecular weight excluding hydrogens is 260 g/mol. The summed E-state index contributed by atoms with van der Waals surface area (Å²) in [5, 5.41) is 35.4. The second kappa shape index (κ2) is 5.94. The van der Waals surface area contributed by atoms with Crippen LogP contribution >= 0.6 is 0 Å². The molecule has 1 aromatic carbocycles. The van der Waals surface area contributed by atoms with Gasteiger partial charge in [-0.25, -0.2) is 14.4 Å². The van der Waals surface area contributed by atoms with Crippen LogP contribution in [0.3, 0.4) is 0 Å². The van der Waals surface area contributed by atoms with Crippen molar-refractivity contribution in [1.29, 1.82) is 0 Å². The van der Waals surface area contributed by atoms with Gasteiger partial charge in [0.15, 0.2) is 12.2 Å². The van der Waals surface area contributed by atoms with E-state index in [2.05, 4.69) is 4.74 Å². The largest absolute Gasteiger partial charge is 0.479 e. The first-order chi connectivity index (χ1) is 8.84. The minimum atomic E-state index is -2.36. The summed E-state index contributed by atoms with van der Waals surface area (Å²) >= 11 is 0. The summed E-state index contributed by atoms with van der Waals surface area (Å²) in [7, 11) is 0. The molecule has 0 saturated carbocycles. The highest BCUT2D eigenvalue weighted by Gasteiger charge is 2.32. The molecule has 2 unspecified atom stereocenters. The predicted molar refractivity (Wildman–Crippen MR) is 58.7 cm³/mol. The second-order valence-corrected chi connectivity index (χ2v) is 3.45. The number of aliphatic carboxylic acids is 1. The van der Waals surface area contributed by atoms with E-state index >= 15 is 0 Å². The Balaban J connectivity index is 2.88. The van der Waals surface area contributed by atoms with E-state index in [9.17, 15) is 19.5 Å². The Morgan fingerprint density at radius 3 is 2.11 bits per heavy atom. The van der Waals surface area contributed by atoms with Crippen LogP contribution in [-0.4, -0.2) is 50.5 Å². The van der Waals surface area contributed by atoms with E-state index in [1.165, 1.54) is 12.1 Å². The summed E-state index contributed by atoms with van der Waals surface area (Å²) in [6, 6.07) is 5.09. The molecule has 1 aromatic rings. The van der Waals surface area contributed by atoms with Crippen molar-refractivity contribution in [3.8, 4) is 5.75 Å². The van der Waals surface area contributed by atoms with Gasteiger partial charge in [0, 0.05) is 0 Å². The molecule has 0 aliphatic heterocycles. The highest BCUT2D eigenvalue weighted by molar-refractivity contribution is 5.93. The third kappa shape index (κ3) is 3.50. The first-order valence-electron chi connectivity index (χ1n) is 4.97. The highest BCUT2D eigenvalue weighted by Crippen LogP contribution is 2.18. The van der Waals surface area contributed by atoms with E-state index in [1.807, 2.05) is 0 Å². The maximum atomic E-state index is 11.3.